The zero-order valence-electron chi connectivity index (χ0n) is 26.3. The summed E-state index contributed by atoms with van der Waals surface area (Å²) >= 11 is 0. The third-order valence-electron chi connectivity index (χ3n) is 7.69. The Morgan fingerprint density at radius 1 is 1.07 bits per heavy atom. The molecule has 0 saturated heterocycles. The van der Waals surface area contributed by atoms with Crippen molar-refractivity contribution in [2.45, 2.75) is 59.5 Å². The summed E-state index contributed by atoms with van der Waals surface area (Å²) in [6.45, 7) is 8.60. The number of esters is 1. The molecule has 1 aliphatic heterocycles. The summed E-state index contributed by atoms with van der Waals surface area (Å²) < 4.78 is 54.4. The normalized spacial score (nSPS) is 13.5. The molecule has 3 aromatic carbocycles. The first-order chi connectivity index (χ1) is 21.6. The number of carbonyl (C=O) groups is 1. The summed E-state index contributed by atoms with van der Waals surface area (Å²) in [5, 5.41) is 11.5. The molecule has 0 spiro atoms. The molecule has 0 amide bonds. The zero-order chi connectivity index (χ0) is 33.6. The Morgan fingerprint density at radius 3 is 2.30 bits per heavy atom. The van der Waals surface area contributed by atoms with Gasteiger partial charge in [0.05, 0.1) is 40.9 Å². The van der Waals surface area contributed by atoms with E-state index >= 15 is 0 Å². The highest BCUT2D eigenvalue weighted by Gasteiger charge is 2.39. The first-order valence-corrected chi connectivity index (χ1v) is 16.3. The molecule has 2 heterocycles. The van der Waals surface area contributed by atoms with Gasteiger partial charge in [0, 0.05) is 28.8 Å². The number of fused-ring (bicyclic) bond motifs is 3. The third-order valence-corrected chi connectivity index (χ3v) is 8.80. The van der Waals surface area contributed by atoms with Gasteiger partial charge in [0.2, 0.25) is 10.0 Å². The van der Waals surface area contributed by atoms with Crippen molar-refractivity contribution in [3.63, 3.8) is 0 Å². The van der Waals surface area contributed by atoms with Crippen LogP contribution in [0.1, 0.15) is 54.7 Å². The fourth-order valence-corrected chi connectivity index (χ4v) is 6.72. The Balaban J connectivity index is 1.84. The van der Waals surface area contributed by atoms with Crippen LogP contribution in [0.15, 0.2) is 66.9 Å². The number of nitro benzene ring substituents is 1. The van der Waals surface area contributed by atoms with Gasteiger partial charge < -0.3 is 9.47 Å². The van der Waals surface area contributed by atoms with Crippen LogP contribution in [0.25, 0.3) is 22.4 Å². The molecular weight excluding hydrogens is 613 g/mol. The number of non-ortho nitro benzene ring substituents is 1. The van der Waals surface area contributed by atoms with Gasteiger partial charge in [0.25, 0.3) is 5.69 Å². The lowest BCUT2D eigenvalue weighted by Crippen LogP contribution is -2.35. The van der Waals surface area contributed by atoms with Crippen LogP contribution < -0.4 is 4.31 Å². The molecule has 46 heavy (non-hydrogen) atoms. The Labute approximate surface area is 267 Å². The fourth-order valence-electron chi connectivity index (χ4n) is 5.78. The molecule has 5 rings (SSSR count). The summed E-state index contributed by atoms with van der Waals surface area (Å²) in [6, 6.07) is 16.2. The summed E-state index contributed by atoms with van der Waals surface area (Å²) in [6.07, 6.45) is 0.797. The average molecular weight is 648 g/mol. The lowest BCUT2D eigenvalue weighted by molar-refractivity contribution is -0.384. The van der Waals surface area contributed by atoms with Crippen LogP contribution in [0.3, 0.4) is 0 Å². The van der Waals surface area contributed by atoms with Gasteiger partial charge in [-0.2, -0.15) is 0 Å². The molecule has 0 radical (unpaired) electrons. The lowest BCUT2D eigenvalue weighted by Gasteiger charge is -2.37. The fraction of sp³-hybridized carbons (Fsp3) is 0.294. The van der Waals surface area contributed by atoms with Crippen LogP contribution in [-0.2, 0) is 37.4 Å². The Bertz CT molecular complexity index is 1940. The topological polar surface area (TPSA) is 129 Å². The van der Waals surface area contributed by atoms with E-state index in [-0.39, 0.29) is 24.5 Å². The van der Waals surface area contributed by atoms with Crippen LogP contribution in [0, 0.1) is 29.8 Å². The van der Waals surface area contributed by atoms with Gasteiger partial charge in [-0.05, 0) is 80.6 Å². The highest BCUT2D eigenvalue weighted by atomic mass is 32.2. The van der Waals surface area contributed by atoms with Crippen molar-refractivity contribution < 1.29 is 32.0 Å². The largest absolute Gasteiger partial charge is 0.459 e. The van der Waals surface area contributed by atoms with E-state index < -0.39 is 38.4 Å². The number of hydrogen-bond donors (Lipinski definition) is 0. The van der Waals surface area contributed by atoms with E-state index in [1.54, 1.807) is 46.8 Å². The molecule has 0 bridgehead atoms. The van der Waals surface area contributed by atoms with E-state index in [4.69, 9.17) is 9.47 Å². The number of pyridine rings is 1. The number of anilines is 1. The van der Waals surface area contributed by atoms with Crippen LogP contribution in [0.4, 0.5) is 15.8 Å². The zero-order valence-corrected chi connectivity index (χ0v) is 27.1. The van der Waals surface area contributed by atoms with E-state index in [0.717, 1.165) is 18.0 Å². The smallest absolute Gasteiger partial charge is 0.340 e. The second-order valence-corrected chi connectivity index (χ2v) is 14.1. The van der Waals surface area contributed by atoms with Gasteiger partial charge in [-0.1, -0.05) is 30.3 Å². The number of rotatable bonds is 8. The van der Waals surface area contributed by atoms with Crippen molar-refractivity contribution in [3.8, 4) is 22.4 Å². The predicted octanol–water partition coefficient (Wildman–Crippen LogP) is 6.96. The van der Waals surface area contributed by atoms with Gasteiger partial charge in [-0.25, -0.2) is 17.6 Å². The van der Waals surface area contributed by atoms with Crippen molar-refractivity contribution in [1.29, 1.82) is 0 Å². The van der Waals surface area contributed by atoms with Gasteiger partial charge in [-0.15, -0.1) is 0 Å². The maximum atomic E-state index is 14.4. The number of carbonyl (C=O) groups excluding carboxylic acids is 1. The predicted molar refractivity (Wildman–Crippen MR) is 172 cm³/mol. The van der Waals surface area contributed by atoms with E-state index in [9.17, 15) is 27.7 Å². The summed E-state index contributed by atoms with van der Waals surface area (Å²) in [7, 11) is -3.92. The number of nitrogens with zero attached hydrogens (tertiary/aromatic N) is 3. The minimum Gasteiger partial charge on any atom is -0.459 e. The summed E-state index contributed by atoms with van der Waals surface area (Å²) in [5.74, 6) is -1.32. The highest BCUT2D eigenvalue weighted by Crippen LogP contribution is 2.51. The third kappa shape index (κ3) is 6.49. The van der Waals surface area contributed by atoms with E-state index in [1.807, 2.05) is 30.3 Å². The standard InChI is InChI=1S/C34H34FN3O7S/c1-20-27(23-12-14-26(15-13-23)38(40)41)28(32(45-34(3,4)5)33(39)44-19-22-10-8-7-9-11-22)21(2)31-29(20)30-24(16-25(35)17-36-30)18-37(31)46(6,42)43/h7-17,32H,18-19H2,1-6H3/t32-/m0/s1. The minimum atomic E-state index is -3.92. The van der Waals surface area contributed by atoms with Crippen molar-refractivity contribution in [1.82, 2.24) is 4.98 Å². The number of halogens is 1. The molecule has 4 aromatic rings. The molecular formula is C34H34FN3O7S. The van der Waals surface area contributed by atoms with Crippen molar-refractivity contribution >= 4 is 27.4 Å². The SMILES string of the molecule is Cc1c(-c2ccc([N+](=O)[O-])cc2)c([C@H](OC(C)(C)C)C(=O)OCc2ccccc2)c(C)c2c1-c1ncc(F)cc1CN2S(C)(=O)=O. The second kappa shape index (κ2) is 12.3. The van der Waals surface area contributed by atoms with Gasteiger partial charge >= 0.3 is 5.97 Å². The van der Waals surface area contributed by atoms with Crippen LogP contribution in [0.5, 0.6) is 0 Å². The lowest BCUT2D eigenvalue weighted by atomic mass is 9.81. The Hall–Kier alpha value is -4.68. The highest BCUT2D eigenvalue weighted by molar-refractivity contribution is 7.92. The van der Waals surface area contributed by atoms with Gasteiger partial charge in [0.15, 0.2) is 6.10 Å². The summed E-state index contributed by atoms with van der Waals surface area (Å²) in [5.41, 5.74) is 3.54. The number of aromatic nitrogens is 1. The van der Waals surface area contributed by atoms with Crippen LogP contribution >= 0.6 is 0 Å². The van der Waals surface area contributed by atoms with Crippen LogP contribution in [-0.4, -0.2) is 36.2 Å². The second-order valence-electron chi connectivity index (χ2n) is 12.2. The Kier molecular flexibility index (Phi) is 8.71. The maximum Gasteiger partial charge on any atom is 0.340 e. The number of nitro groups is 1. The average Bonchev–Trinajstić information content (AvgIpc) is 2.99. The Morgan fingerprint density at radius 2 is 1.72 bits per heavy atom. The quantitative estimate of drug-likeness (QED) is 0.114. The molecule has 0 fully saturated rings. The van der Waals surface area contributed by atoms with Crippen molar-refractivity contribution in [2.24, 2.45) is 0 Å². The number of sulfonamides is 1. The number of hydrogen-bond acceptors (Lipinski definition) is 8. The molecule has 0 unspecified atom stereocenters. The molecule has 0 N–H and O–H groups in total. The molecule has 240 valence electrons. The molecule has 1 aliphatic rings. The molecule has 1 aromatic heterocycles. The molecule has 0 aliphatic carbocycles. The monoisotopic (exact) mass is 647 g/mol. The minimum absolute atomic E-state index is 0.0299. The van der Waals surface area contributed by atoms with Gasteiger partial charge in [-0.3, -0.25) is 19.4 Å². The molecule has 12 heteroatoms. The first-order valence-electron chi connectivity index (χ1n) is 14.5. The van der Waals surface area contributed by atoms with E-state index in [0.29, 0.717) is 44.6 Å². The van der Waals surface area contributed by atoms with Crippen LogP contribution in [0.2, 0.25) is 0 Å². The van der Waals surface area contributed by atoms with Gasteiger partial charge in [0.1, 0.15) is 12.4 Å². The number of ether oxygens (including phenoxy) is 2. The van der Waals surface area contributed by atoms with E-state index in [1.165, 1.54) is 22.5 Å². The molecule has 0 saturated carbocycles. The van der Waals surface area contributed by atoms with E-state index in [2.05, 4.69) is 4.98 Å². The van der Waals surface area contributed by atoms with Crippen molar-refractivity contribution in [2.75, 3.05) is 10.6 Å². The summed E-state index contributed by atoms with van der Waals surface area (Å²) in [4.78, 5) is 29.4. The first kappa shape index (κ1) is 32.7. The van der Waals surface area contributed by atoms with Crippen molar-refractivity contribution in [3.05, 3.63) is 111 Å². The molecule has 10 nitrogen and oxygen atoms in total. The number of benzene rings is 3. The molecule has 1 atom stereocenters. The maximum absolute atomic E-state index is 14.4.